The van der Waals surface area contributed by atoms with Gasteiger partial charge in [-0.25, -0.2) is 0 Å². The molecule has 0 N–H and O–H groups in total. The Bertz CT molecular complexity index is 2270. The molecule has 0 saturated heterocycles. The van der Waals surface area contributed by atoms with Crippen LogP contribution in [0.25, 0.3) is 0 Å². The van der Waals surface area contributed by atoms with Crippen molar-refractivity contribution in [2.45, 2.75) is 80.8 Å². The van der Waals surface area contributed by atoms with Crippen LogP contribution in [-0.4, -0.2) is 52.0 Å². The molecule has 0 radical (unpaired) electrons. The van der Waals surface area contributed by atoms with Crippen molar-refractivity contribution < 1.29 is 119 Å². The molecule has 0 spiro atoms. The number of rotatable bonds is 12. The van der Waals surface area contributed by atoms with E-state index >= 15 is 0 Å². The van der Waals surface area contributed by atoms with Crippen molar-refractivity contribution in [3.8, 4) is 0 Å². The van der Waals surface area contributed by atoms with Crippen molar-refractivity contribution in [1.29, 1.82) is 0 Å². The third kappa shape index (κ3) is 46.4. The Morgan fingerprint density at radius 1 is 0.338 bits per heavy atom. The van der Waals surface area contributed by atoms with Crippen LogP contribution in [-0.2, 0) is 78.2 Å². The quantitative estimate of drug-likeness (QED) is 0.0634. The summed E-state index contributed by atoms with van der Waals surface area (Å²) in [7, 11) is -21.3. The maximum Gasteiger partial charge on any atom is 3.00 e. The number of carbonyl (C=O) groups excluding carboxylic acids is 2. The van der Waals surface area contributed by atoms with Gasteiger partial charge in [-0.15, -0.1) is 0 Å². The van der Waals surface area contributed by atoms with Crippen LogP contribution in [0.15, 0.2) is 109 Å². The van der Waals surface area contributed by atoms with E-state index in [4.69, 9.17) is 30.0 Å². The number of pyridine rings is 6. The van der Waals surface area contributed by atoms with Crippen LogP contribution >= 0.6 is 15.6 Å². The molecule has 0 amide bonds. The molecule has 0 aliphatic carbocycles. The predicted octanol–water partition coefficient (Wildman–Crippen LogP) is 9.86. The first-order valence-corrected chi connectivity index (χ1v) is 24.5. The molecular formula is C44H48F12N8O6P2Rh2. The molecule has 0 aliphatic heterocycles. The number of carboxylic acid groups (broad SMARTS) is 4. The van der Waals surface area contributed by atoms with Gasteiger partial charge in [-0.3, -0.25) is 39.7 Å². The summed E-state index contributed by atoms with van der Waals surface area (Å²) in [5.74, 6) is 0. The normalized spacial score (nSPS) is 12.5. The van der Waals surface area contributed by atoms with Gasteiger partial charge in [-0.1, -0.05) is 36.4 Å². The number of halogens is 12. The monoisotopic (exact) mass is 1280 g/mol. The molecule has 0 fully saturated rings. The largest absolute Gasteiger partial charge is 3.00 e. The number of hydrogen-bond acceptors (Lipinski definition) is 14. The van der Waals surface area contributed by atoms with E-state index in [1.54, 1.807) is 0 Å². The van der Waals surface area contributed by atoms with Crippen molar-refractivity contribution in [3.05, 3.63) is 178 Å². The van der Waals surface area contributed by atoms with E-state index in [0.717, 1.165) is 108 Å². The molecule has 0 saturated carbocycles. The Hall–Kier alpha value is -5.37. The number of hydrogen-bond donors (Lipinski definition) is 0. The summed E-state index contributed by atoms with van der Waals surface area (Å²) in [5, 5.41) is 33.3. The first-order chi connectivity index (χ1) is 32.5. The summed E-state index contributed by atoms with van der Waals surface area (Å²) in [6.07, 6.45) is -4.67. The number of nitrogens with zero attached hydrogens (tertiary/aromatic N) is 8. The Morgan fingerprint density at radius 3 is 0.541 bits per heavy atom. The van der Waals surface area contributed by atoms with Gasteiger partial charge in [0, 0.05) is 73.4 Å². The van der Waals surface area contributed by atoms with Crippen LogP contribution in [0.4, 0.5) is 60.0 Å². The molecule has 0 atom stereocenters. The molecule has 412 valence electrons. The average Bonchev–Trinajstić information content (AvgIpc) is 3.15. The Labute approximate surface area is 443 Å². The summed E-state index contributed by atoms with van der Waals surface area (Å²) in [6.45, 7) is 16.8. The zero-order chi connectivity index (χ0) is 55.3. The van der Waals surface area contributed by atoms with Gasteiger partial charge >= 0.3 is 105 Å². The summed E-state index contributed by atoms with van der Waals surface area (Å²) >= 11 is 0. The van der Waals surface area contributed by atoms with E-state index in [-0.39, 0.29) is 39.0 Å². The molecule has 0 aromatic carbocycles. The molecule has 6 rings (SSSR count). The molecule has 0 unspecified atom stereocenters. The van der Waals surface area contributed by atoms with Gasteiger partial charge in [0.05, 0.1) is 34.2 Å². The van der Waals surface area contributed by atoms with Crippen LogP contribution in [0.1, 0.15) is 68.3 Å². The molecule has 30 heteroatoms. The second-order valence-corrected chi connectivity index (χ2v) is 19.2. The van der Waals surface area contributed by atoms with Gasteiger partial charge in [0.15, 0.2) is 0 Å². The van der Waals surface area contributed by atoms with Crippen molar-refractivity contribution in [3.63, 3.8) is 0 Å². The fourth-order valence-electron chi connectivity index (χ4n) is 5.84. The number of aromatic nitrogens is 6. The molecule has 6 aromatic rings. The van der Waals surface area contributed by atoms with E-state index in [0.29, 0.717) is 0 Å². The van der Waals surface area contributed by atoms with Crippen LogP contribution in [0.2, 0.25) is 0 Å². The smallest absolute Gasteiger partial charge is 0.652 e. The van der Waals surface area contributed by atoms with E-state index in [2.05, 4.69) is 113 Å². The molecule has 0 aliphatic rings. The van der Waals surface area contributed by atoms with E-state index in [1.165, 1.54) is 0 Å². The minimum atomic E-state index is -10.7. The average molecular weight is 1280 g/mol. The Kier molecular flexibility index (Phi) is 27.2. The minimum absolute atomic E-state index is 0. The van der Waals surface area contributed by atoms with Crippen LogP contribution in [0, 0.1) is 41.5 Å². The van der Waals surface area contributed by atoms with Crippen molar-refractivity contribution >= 4 is 27.9 Å². The predicted molar refractivity (Wildman–Crippen MR) is 238 cm³/mol. The summed E-state index contributed by atoms with van der Waals surface area (Å²) in [6, 6.07) is 37.0. The first-order valence-electron chi connectivity index (χ1n) is 20.4. The third-order valence-electron chi connectivity index (χ3n) is 7.99. The maximum atomic E-state index is 9.87. The molecule has 14 nitrogen and oxygen atoms in total. The van der Waals surface area contributed by atoms with Crippen molar-refractivity contribution in [1.82, 2.24) is 39.7 Å². The third-order valence-corrected chi connectivity index (χ3v) is 7.99. The molecule has 0 bridgehead atoms. The van der Waals surface area contributed by atoms with Crippen LogP contribution < -0.4 is 20.4 Å². The Balaban J connectivity index is 0. The standard InChI is InChI=1S/2C21H24N4.2CH2O3.2F6P.2Rh/c2*1-16-7-4-10-19(22-16)13-25(14-20-11-5-8-17(2)23-20)15-21-12-6-9-18(3)24-21;2*2-1(3)4;2*1-7(2,3,4,5)6;;/h2*4-12H,13-15H2,1-3H3;2*(H2,2,3,4);;;;/q;;;;2*-1;2*+3/p-4. The van der Waals surface area contributed by atoms with Gasteiger partial charge in [-0.2, -0.15) is 0 Å². The minimum Gasteiger partial charge on any atom is -0.652 e. The molecule has 6 heterocycles. The summed E-state index contributed by atoms with van der Waals surface area (Å²) in [4.78, 5) is 49.2. The Morgan fingerprint density at radius 2 is 0.446 bits per heavy atom. The number of aryl methyl sites for hydroxylation is 6. The maximum absolute atomic E-state index is 10.7. The van der Waals surface area contributed by atoms with Crippen LogP contribution in [0.5, 0.6) is 0 Å². The zero-order valence-electron chi connectivity index (χ0n) is 39.8. The second-order valence-electron chi connectivity index (χ2n) is 15.3. The zero-order valence-corrected chi connectivity index (χ0v) is 44.8. The fraction of sp³-hybridized carbons (Fsp3) is 0.273. The van der Waals surface area contributed by atoms with E-state index in [9.17, 15) is 50.4 Å². The summed E-state index contributed by atoms with van der Waals surface area (Å²) < 4.78 is 118. The van der Waals surface area contributed by atoms with Gasteiger partial charge in [0.25, 0.3) is 0 Å². The van der Waals surface area contributed by atoms with Gasteiger partial charge in [-0.05, 0) is 127 Å². The first kappa shape index (κ1) is 70.7. The van der Waals surface area contributed by atoms with Gasteiger partial charge < -0.3 is 30.0 Å². The topological polar surface area (TPSA) is 210 Å². The number of carbonyl (C=O) groups is 2. The van der Waals surface area contributed by atoms with Gasteiger partial charge in [0.2, 0.25) is 0 Å². The second kappa shape index (κ2) is 28.5. The van der Waals surface area contributed by atoms with Crippen molar-refractivity contribution in [2.24, 2.45) is 0 Å². The molecular weight excluding hydrogens is 1230 g/mol. The summed E-state index contributed by atoms with van der Waals surface area (Å²) in [5.41, 5.74) is 12.7. The van der Waals surface area contributed by atoms with Gasteiger partial charge in [0.1, 0.15) is 0 Å². The molecule has 6 aromatic heterocycles. The van der Waals surface area contributed by atoms with E-state index < -0.39 is 27.9 Å². The van der Waals surface area contributed by atoms with Crippen molar-refractivity contribution in [2.75, 3.05) is 0 Å². The SMILES string of the molecule is Cc1cccc(CN(Cc2cccc(C)n2)Cc2cccc(C)n2)n1.Cc1cccc(CN(Cc2cccc(C)n2)Cc2cccc(C)n2)n1.F[P-](F)(F)(F)(F)F.F[P-](F)(F)(F)(F)F.O=C([O-])[O-].O=C([O-])[O-].[Rh+3].[Rh+3]. The molecule has 74 heavy (non-hydrogen) atoms. The van der Waals surface area contributed by atoms with Crippen LogP contribution in [0.3, 0.4) is 0 Å². The fourth-order valence-corrected chi connectivity index (χ4v) is 5.84. The van der Waals surface area contributed by atoms with E-state index in [1.807, 2.05) is 77.9 Å².